The number of rotatable bonds is 4. The zero-order valence-corrected chi connectivity index (χ0v) is 12.0. The summed E-state index contributed by atoms with van der Waals surface area (Å²) in [6, 6.07) is 3.82. The molecule has 0 aliphatic rings. The molecule has 0 unspecified atom stereocenters. The predicted molar refractivity (Wildman–Crippen MR) is 75.1 cm³/mol. The quantitative estimate of drug-likeness (QED) is 0.849. The number of aromatic nitrogens is 1. The lowest BCUT2D eigenvalue weighted by molar-refractivity contribution is -0.116. The summed E-state index contributed by atoms with van der Waals surface area (Å²) < 4.78 is 12.8. The number of hydrogen-bond acceptors (Lipinski definition) is 3. The number of fused-ring (bicyclic) bond motifs is 1. The van der Waals surface area contributed by atoms with Crippen molar-refractivity contribution in [2.45, 2.75) is 20.3 Å². The Kier molecular flexibility index (Phi) is 3.51. The average Bonchev–Trinajstić information content (AvgIpc) is 2.62. The second kappa shape index (κ2) is 4.96. The van der Waals surface area contributed by atoms with Crippen LogP contribution in [0.2, 0.25) is 0 Å². The Morgan fingerprint density at radius 2 is 1.95 bits per heavy atom. The van der Waals surface area contributed by atoms with E-state index in [0.717, 1.165) is 33.7 Å². The largest absolute Gasteiger partial charge is 0.497 e. The molecule has 1 aromatic carbocycles. The Morgan fingerprint density at radius 3 is 2.47 bits per heavy atom. The van der Waals surface area contributed by atoms with Crippen LogP contribution in [0, 0.1) is 6.92 Å². The van der Waals surface area contributed by atoms with Gasteiger partial charge in [-0.25, -0.2) is 0 Å². The van der Waals surface area contributed by atoms with Crippen LogP contribution in [0.1, 0.15) is 18.2 Å². The van der Waals surface area contributed by atoms with Gasteiger partial charge in [0.15, 0.2) is 0 Å². The van der Waals surface area contributed by atoms with Gasteiger partial charge in [-0.1, -0.05) is 0 Å². The van der Waals surface area contributed by atoms with Crippen molar-refractivity contribution >= 4 is 16.7 Å². The molecule has 0 bridgehead atoms. The van der Waals surface area contributed by atoms with Crippen molar-refractivity contribution < 1.29 is 14.3 Å². The first-order valence-corrected chi connectivity index (χ1v) is 6.19. The minimum Gasteiger partial charge on any atom is -0.497 e. The molecule has 0 saturated carbocycles. The summed E-state index contributed by atoms with van der Waals surface area (Å²) in [5.74, 6) is 1.64. The molecule has 0 atom stereocenters. The maximum absolute atomic E-state index is 11.5. The van der Waals surface area contributed by atoms with Gasteiger partial charge in [0.1, 0.15) is 17.3 Å². The Labute approximate surface area is 112 Å². The fourth-order valence-electron chi connectivity index (χ4n) is 2.45. The Balaban J connectivity index is 2.82. The molecule has 19 heavy (non-hydrogen) atoms. The third kappa shape index (κ3) is 2.18. The van der Waals surface area contributed by atoms with Crippen LogP contribution < -0.4 is 9.47 Å². The van der Waals surface area contributed by atoms with E-state index in [1.165, 1.54) is 0 Å². The molecule has 0 spiro atoms. The van der Waals surface area contributed by atoms with E-state index in [1.807, 2.05) is 26.1 Å². The molecule has 4 heteroatoms. The molecule has 0 radical (unpaired) electrons. The minimum absolute atomic E-state index is 0.147. The van der Waals surface area contributed by atoms with E-state index in [-0.39, 0.29) is 5.78 Å². The van der Waals surface area contributed by atoms with Crippen LogP contribution in [0.4, 0.5) is 0 Å². The second-order valence-corrected chi connectivity index (χ2v) is 4.73. The zero-order chi connectivity index (χ0) is 14.2. The number of nitrogens with zero attached hydrogens (tertiary/aromatic N) is 1. The number of methoxy groups -OCH3 is 2. The molecule has 102 valence electrons. The van der Waals surface area contributed by atoms with Crippen LogP contribution >= 0.6 is 0 Å². The van der Waals surface area contributed by atoms with Crippen molar-refractivity contribution in [2.75, 3.05) is 14.2 Å². The third-order valence-electron chi connectivity index (χ3n) is 3.54. The molecule has 4 nitrogen and oxygen atoms in total. The first-order valence-electron chi connectivity index (χ1n) is 6.19. The molecule has 0 aliphatic heterocycles. The first-order chi connectivity index (χ1) is 8.99. The predicted octanol–water partition coefficient (Wildman–Crippen LogP) is 2.64. The van der Waals surface area contributed by atoms with Crippen molar-refractivity contribution in [1.82, 2.24) is 4.57 Å². The van der Waals surface area contributed by atoms with Crippen LogP contribution in [0.15, 0.2) is 12.1 Å². The van der Waals surface area contributed by atoms with Crippen molar-refractivity contribution in [3.05, 3.63) is 23.4 Å². The van der Waals surface area contributed by atoms with Crippen molar-refractivity contribution in [1.29, 1.82) is 0 Å². The highest BCUT2D eigenvalue weighted by molar-refractivity contribution is 5.95. The van der Waals surface area contributed by atoms with Crippen LogP contribution in [0.3, 0.4) is 0 Å². The average molecular weight is 261 g/mol. The number of carbonyl (C=O) groups excluding carboxylic acids is 1. The lowest BCUT2D eigenvalue weighted by Gasteiger charge is -2.08. The Hall–Kier alpha value is -1.97. The lowest BCUT2D eigenvalue weighted by atomic mass is 10.0. The number of carbonyl (C=O) groups is 1. The number of Topliss-reactive ketones (excluding diaryl/α,β-unsaturated/α-hetero) is 1. The van der Waals surface area contributed by atoms with Crippen molar-refractivity contribution in [3.63, 3.8) is 0 Å². The molecular weight excluding hydrogens is 242 g/mol. The number of ether oxygens (including phenoxy) is 2. The molecule has 0 aliphatic carbocycles. The summed E-state index contributed by atoms with van der Waals surface area (Å²) in [5.41, 5.74) is 3.13. The zero-order valence-electron chi connectivity index (χ0n) is 12.0. The summed E-state index contributed by atoms with van der Waals surface area (Å²) in [4.78, 5) is 11.5. The van der Waals surface area contributed by atoms with Gasteiger partial charge < -0.3 is 14.0 Å². The second-order valence-electron chi connectivity index (χ2n) is 4.73. The van der Waals surface area contributed by atoms with Gasteiger partial charge >= 0.3 is 0 Å². The van der Waals surface area contributed by atoms with Crippen LogP contribution in [0.25, 0.3) is 10.9 Å². The summed E-state index contributed by atoms with van der Waals surface area (Å²) in [7, 11) is 5.25. The highest BCUT2D eigenvalue weighted by Crippen LogP contribution is 2.36. The van der Waals surface area contributed by atoms with Gasteiger partial charge in [-0.15, -0.1) is 0 Å². The maximum atomic E-state index is 11.5. The smallest absolute Gasteiger partial charge is 0.134 e. The monoisotopic (exact) mass is 261 g/mol. The summed E-state index contributed by atoms with van der Waals surface area (Å²) >= 11 is 0. The van der Waals surface area contributed by atoms with Crippen LogP contribution in [-0.4, -0.2) is 24.6 Å². The van der Waals surface area contributed by atoms with Gasteiger partial charge in [-0.2, -0.15) is 0 Å². The van der Waals surface area contributed by atoms with Crippen molar-refractivity contribution in [2.24, 2.45) is 7.05 Å². The van der Waals surface area contributed by atoms with Crippen molar-refractivity contribution in [3.8, 4) is 11.5 Å². The first kappa shape index (κ1) is 13.5. The molecule has 0 fully saturated rings. The molecule has 0 amide bonds. The number of benzene rings is 1. The summed E-state index contributed by atoms with van der Waals surface area (Å²) in [5, 5.41) is 0.999. The van der Waals surface area contributed by atoms with Gasteiger partial charge in [-0.05, 0) is 19.4 Å². The fraction of sp³-hybridized carbons (Fsp3) is 0.400. The van der Waals surface area contributed by atoms with Gasteiger partial charge in [0.2, 0.25) is 0 Å². The van der Waals surface area contributed by atoms with E-state index in [1.54, 1.807) is 21.1 Å². The van der Waals surface area contributed by atoms with Crippen LogP contribution in [-0.2, 0) is 18.3 Å². The molecular formula is C15H19NO3. The fourth-order valence-corrected chi connectivity index (χ4v) is 2.45. The van der Waals surface area contributed by atoms with E-state index in [2.05, 4.69) is 4.57 Å². The normalized spacial score (nSPS) is 10.8. The molecule has 1 aromatic heterocycles. The number of hydrogen-bond donors (Lipinski definition) is 0. The molecule has 1 heterocycles. The lowest BCUT2D eigenvalue weighted by Crippen LogP contribution is -1.99. The van der Waals surface area contributed by atoms with Crippen LogP contribution in [0.5, 0.6) is 11.5 Å². The van der Waals surface area contributed by atoms with Gasteiger partial charge in [0.25, 0.3) is 0 Å². The van der Waals surface area contributed by atoms with E-state index < -0.39 is 0 Å². The Morgan fingerprint density at radius 1 is 1.26 bits per heavy atom. The molecule has 2 rings (SSSR count). The van der Waals surface area contributed by atoms with Gasteiger partial charge in [0, 0.05) is 36.7 Å². The minimum atomic E-state index is 0.147. The topological polar surface area (TPSA) is 40.5 Å². The summed E-state index contributed by atoms with van der Waals surface area (Å²) in [6.45, 7) is 3.62. The summed E-state index contributed by atoms with van der Waals surface area (Å²) in [6.07, 6.45) is 0.422. The SMILES string of the molecule is COc1cc(OC)c2c(CC(C)=O)c(C)n(C)c2c1. The number of aryl methyl sites for hydroxylation is 1. The van der Waals surface area contributed by atoms with Gasteiger partial charge in [0.05, 0.1) is 19.7 Å². The molecule has 2 aromatic rings. The standard InChI is InChI=1S/C15H19NO3/c1-9(17)6-12-10(2)16(3)13-7-11(18-4)8-14(19-5)15(12)13/h7-8H,6H2,1-5H3. The highest BCUT2D eigenvalue weighted by Gasteiger charge is 2.18. The highest BCUT2D eigenvalue weighted by atomic mass is 16.5. The van der Waals surface area contributed by atoms with E-state index in [4.69, 9.17) is 9.47 Å². The number of ketones is 1. The maximum Gasteiger partial charge on any atom is 0.134 e. The third-order valence-corrected chi connectivity index (χ3v) is 3.54. The van der Waals surface area contributed by atoms with E-state index in [9.17, 15) is 4.79 Å². The van der Waals surface area contributed by atoms with Gasteiger partial charge in [-0.3, -0.25) is 4.79 Å². The van der Waals surface area contributed by atoms with E-state index in [0.29, 0.717) is 6.42 Å². The molecule has 0 N–H and O–H groups in total. The Bertz CT molecular complexity index is 641. The molecule has 0 saturated heterocycles. The van der Waals surface area contributed by atoms with E-state index >= 15 is 0 Å².